The molecular formula is C23H20FN5O. The number of aryl methyl sites for hydroxylation is 2. The normalized spacial score (nSPS) is 10.6. The van der Waals surface area contributed by atoms with E-state index >= 15 is 0 Å². The summed E-state index contributed by atoms with van der Waals surface area (Å²) < 4.78 is 19.7. The van der Waals surface area contributed by atoms with Gasteiger partial charge in [0.1, 0.15) is 5.82 Å². The third-order valence-electron chi connectivity index (χ3n) is 4.54. The first-order chi connectivity index (χ1) is 14.7. The van der Waals surface area contributed by atoms with Crippen molar-refractivity contribution in [3.63, 3.8) is 0 Å². The summed E-state index contributed by atoms with van der Waals surface area (Å²) in [6.45, 7) is 0. The second-order valence-electron chi connectivity index (χ2n) is 6.72. The number of aromatic nitrogens is 2. The Morgan fingerprint density at radius 2 is 1.73 bits per heavy atom. The topological polar surface area (TPSA) is 86.8 Å². The molecule has 0 saturated heterocycles. The van der Waals surface area contributed by atoms with Crippen LogP contribution in [0.4, 0.5) is 16.0 Å². The van der Waals surface area contributed by atoms with Crippen LogP contribution in [-0.4, -0.2) is 16.1 Å². The Morgan fingerprint density at radius 3 is 2.50 bits per heavy atom. The molecule has 4 rings (SSSR count). The quantitative estimate of drug-likeness (QED) is 0.308. The second-order valence-corrected chi connectivity index (χ2v) is 6.72. The van der Waals surface area contributed by atoms with Gasteiger partial charge in [-0.15, -0.1) is 0 Å². The van der Waals surface area contributed by atoms with Crippen molar-refractivity contribution in [2.45, 2.75) is 12.8 Å². The summed E-state index contributed by atoms with van der Waals surface area (Å²) >= 11 is 0. The van der Waals surface area contributed by atoms with Crippen LogP contribution in [0.15, 0.2) is 83.6 Å². The lowest BCUT2D eigenvalue weighted by Gasteiger charge is -2.07. The molecule has 0 aliphatic rings. The molecule has 0 bridgehead atoms. The van der Waals surface area contributed by atoms with Crippen LogP contribution in [-0.2, 0) is 12.8 Å². The first kappa shape index (κ1) is 19.3. The number of anilines is 2. The van der Waals surface area contributed by atoms with E-state index in [1.165, 1.54) is 0 Å². The van der Waals surface area contributed by atoms with E-state index in [0.29, 0.717) is 24.3 Å². The second kappa shape index (κ2) is 9.00. The molecule has 0 spiro atoms. The minimum atomic E-state index is -0.239. The molecule has 7 heteroatoms. The van der Waals surface area contributed by atoms with E-state index in [1.807, 2.05) is 42.5 Å². The lowest BCUT2D eigenvalue weighted by Crippen LogP contribution is -2.20. The van der Waals surface area contributed by atoms with Gasteiger partial charge < -0.3 is 9.84 Å². The fourth-order valence-corrected chi connectivity index (χ4v) is 3.06. The SMILES string of the molecule is N=C(Nc1ccncc1)Nc1cc(CCc2ccc(-c3ccccc3)c(F)c2)no1. The van der Waals surface area contributed by atoms with Gasteiger partial charge in [0.25, 0.3) is 0 Å². The predicted molar refractivity (Wildman–Crippen MR) is 115 cm³/mol. The molecule has 0 unspecified atom stereocenters. The summed E-state index contributed by atoms with van der Waals surface area (Å²) in [6.07, 6.45) is 4.50. The van der Waals surface area contributed by atoms with Crippen molar-refractivity contribution in [1.82, 2.24) is 10.1 Å². The van der Waals surface area contributed by atoms with Gasteiger partial charge in [0, 0.05) is 29.7 Å². The Balaban J connectivity index is 1.33. The summed E-state index contributed by atoms with van der Waals surface area (Å²) in [7, 11) is 0. The van der Waals surface area contributed by atoms with E-state index < -0.39 is 0 Å². The van der Waals surface area contributed by atoms with Gasteiger partial charge in [-0.25, -0.2) is 4.39 Å². The molecule has 0 radical (unpaired) electrons. The number of rotatable bonds is 6. The molecule has 0 fully saturated rings. The van der Waals surface area contributed by atoms with E-state index in [0.717, 1.165) is 22.5 Å². The highest BCUT2D eigenvalue weighted by Gasteiger charge is 2.09. The Kier molecular flexibility index (Phi) is 5.80. The van der Waals surface area contributed by atoms with Gasteiger partial charge in [0.15, 0.2) is 5.96 Å². The van der Waals surface area contributed by atoms with Gasteiger partial charge in [0.05, 0.1) is 5.69 Å². The molecule has 2 aromatic carbocycles. The fraction of sp³-hybridized carbons (Fsp3) is 0.0870. The molecule has 30 heavy (non-hydrogen) atoms. The van der Waals surface area contributed by atoms with Gasteiger partial charge in [-0.1, -0.05) is 47.6 Å². The molecule has 6 nitrogen and oxygen atoms in total. The maximum atomic E-state index is 14.5. The molecule has 4 aromatic rings. The van der Waals surface area contributed by atoms with Crippen LogP contribution in [0.3, 0.4) is 0 Å². The van der Waals surface area contributed by atoms with Crippen LogP contribution in [0.2, 0.25) is 0 Å². The van der Waals surface area contributed by atoms with Crippen LogP contribution in [0.5, 0.6) is 0 Å². The first-order valence-electron chi connectivity index (χ1n) is 9.49. The highest BCUT2D eigenvalue weighted by atomic mass is 19.1. The number of pyridine rings is 1. The molecule has 3 N–H and O–H groups in total. The highest BCUT2D eigenvalue weighted by molar-refractivity contribution is 6.00. The van der Waals surface area contributed by atoms with Crippen molar-refractivity contribution in [1.29, 1.82) is 5.41 Å². The van der Waals surface area contributed by atoms with Crippen LogP contribution in [0.25, 0.3) is 11.1 Å². The number of guanidine groups is 1. The van der Waals surface area contributed by atoms with Crippen molar-refractivity contribution in [3.05, 3.63) is 96.2 Å². The van der Waals surface area contributed by atoms with Crippen molar-refractivity contribution >= 4 is 17.5 Å². The summed E-state index contributed by atoms with van der Waals surface area (Å²) in [5, 5.41) is 17.7. The van der Waals surface area contributed by atoms with E-state index in [1.54, 1.807) is 36.7 Å². The van der Waals surface area contributed by atoms with Crippen LogP contribution in [0.1, 0.15) is 11.3 Å². The fourth-order valence-electron chi connectivity index (χ4n) is 3.06. The number of hydrogen-bond acceptors (Lipinski definition) is 4. The lowest BCUT2D eigenvalue weighted by atomic mass is 10.0. The zero-order chi connectivity index (χ0) is 20.8. The molecule has 0 aliphatic carbocycles. The predicted octanol–water partition coefficient (Wildman–Crippen LogP) is 5.12. The Labute approximate surface area is 173 Å². The van der Waals surface area contributed by atoms with Crippen molar-refractivity contribution in [2.24, 2.45) is 0 Å². The summed E-state index contributed by atoms with van der Waals surface area (Å²) in [4.78, 5) is 3.93. The van der Waals surface area contributed by atoms with Crippen molar-refractivity contribution < 1.29 is 8.91 Å². The molecule has 0 saturated carbocycles. The molecule has 150 valence electrons. The average molecular weight is 401 g/mol. The maximum Gasteiger partial charge on any atom is 0.231 e. The van der Waals surface area contributed by atoms with E-state index in [9.17, 15) is 4.39 Å². The Hall–Kier alpha value is -4.00. The van der Waals surface area contributed by atoms with Gasteiger partial charge in [-0.05, 0) is 42.2 Å². The van der Waals surface area contributed by atoms with Crippen molar-refractivity contribution in [3.8, 4) is 11.1 Å². The van der Waals surface area contributed by atoms with E-state index in [2.05, 4.69) is 20.8 Å². The van der Waals surface area contributed by atoms with Gasteiger partial charge in [0.2, 0.25) is 5.88 Å². The van der Waals surface area contributed by atoms with Crippen LogP contribution < -0.4 is 10.6 Å². The van der Waals surface area contributed by atoms with Gasteiger partial charge in [-0.2, -0.15) is 0 Å². The number of nitrogens with zero attached hydrogens (tertiary/aromatic N) is 2. The standard InChI is InChI=1S/C23H20FN5O/c24-21-14-16(7-9-20(21)17-4-2-1-3-5-17)6-8-19-15-22(30-29-19)28-23(25)27-18-10-12-26-13-11-18/h1-5,7,9-15H,6,8H2,(H3,25,26,27,28). The highest BCUT2D eigenvalue weighted by Crippen LogP contribution is 2.24. The zero-order valence-corrected chi connectivity index (χ0v) is 16.1. The molecule has 2 heterocycles. The lowest BCUT2D eigenvalue weighted by molar-refractivity contribution is 0.426. The third kappa shape index (κ3) is 4.88. The van der Waals surface area contributed by atoms with Gasteiger partial charge >= 0.3 is 0 Å². The molecule has 0 atom stereocenters. The first-order valence-corrected chi connectivity index (χ1v) is 9.49. The van der Waals surface area contributed by atoms with Crippen LogP contribution >= 0.6 is 0 Å². The third-order valence-corrected chi connectivity index (χ3v) is 4.54. The molecule has 0 amide bonds. The Bertz CT molecular complexity index is 1130. The molecular weight excluding hydrogens is 381 g/mol. The molecule has 0 aliphatic heterocycles. The summed E-state index contributed by atoms with van der Waals surface area (Å²) in [5.74, 6) is 0.182. The van der Waals surface area contributed by atoms with Gasteiger partial charge in [-0.3, -0.25) is 15.7 Å². The largest absolute Gasteiger partial charge is 0.338 e. The minimum absolute atomic E-state index is 0.0578. The van der Waals surface area contributed by atoms with E-state index in [4.69, 9.17) is 9.93 Å². The number of nitrogens with one attached hydrogen (secondary N) is 3. The molecule has 2 aromatic heterocycles. The monoisotopic (exact) mass is 401 g/mol. The van der Waals surface area contributed by atoms with E-state index in [-0.39, 0.29) is 11.8 Å². The number of hydrogen-bond donors (Lipinski definition) is 3. The Morgan fingerprint density at radius 1 is 0.933 bits per heavy atom. The average Bonchev–Trinajstić information content (AvgIpc) is 3.21. The number of benzene rings is 2. The summed E-state index contributed by atoms with van der Waals surface area (Å²) in [5.41, 5.74) is 3.80. The number of halogens is 1. The minimum Gasteiger partial charge on any atom is -0.338 e. The maximum absolute atomic E-state index is 14.5. The zero-order valence-electron chi connectivity index (χ0n) is 16.1. The van der Waals surface area contributed by atoms with Crippen molar-refractivity contribution in [2.75, 3.05) is 10.6 Å². The van der Waals surface area contributed by atoms with Crippen LogP contribution in [0, 0.1) is 11.2 Å². The smallest absolute Gasteiger partial charge is 0.231 e. The summed E-state index contributed by atoms with van der Waals surface area (Å²) in [6, 6.07) is 20.0.